The Morgan fingerprint density at radius 2 is 1.95 bits per heavy atom. The second-order valence-electron chi connectivity index (χ2n) is 4.27. The quantitative estimate of drug-likeness (QED) is 0.296. The maximum Gasteiger partial charge on any atom is 0.365 e. The van der Waals surface area contributed by atoms with Crippen LogP contribution in [-0.4, -0.2) is 15.3 Å². The summed E-state index contributed by atoms with van der Waals surface area (Å²) in [4.78, 5) is 22.4. The third-order valence-electron chi connectivity index (χ3n) is 3.11. The number of carbonyl (C=O) groups excluding carboxylic acids is 1. The minimum Gasteiger partial charge on any atom is -1.00 e. The molecule has 0 fully saturated rings. The van der Waals surface area contributed by atoms with Gasteiger partial charge in [-0.15, -0.1) is 0 Å². The van der Waals surface area contributed by atoms with Gasteiger partial charge >= 0.3 is 5.82 Å². The van der Waals surface area contributed by atoms with Crippen LogP contribution < -0.4 is 17.0 Å². The van der Waals surface area contributed by atoms with Gasteiger partial charge in [-0.05, 0) is 4.92 Å². The first kappa shape index (κ1) is 15.8. The van der Waals surface area contributed by atoms with Crippen molar-refractivity contribution >= 4 is 11.6 Å². The maximum absolute atomic E-state index is 12.1. The van der Waals surface area contributed by atoms with E-state index < -0.39 is 4.92 Å². The number of halogens is 1. The summed E-state index contributed by atoms with van der Waals surface area (Å²) in [5.41, 5.74) is 0.598. The molecule has 0 aliphatic heterocycles. The van der Waals surface area contributed by atoms with Crippen LogP contribution in [0.1, 0.15) is 16.2 Å². The summed E-state index contributed by atoms with van der Waals surface area (Å²) < 4.78 is 3.05. The van der Waals surface area contributed by atoms with E-state index in [9.17, 15) is 14.9 Å². The predicted octanol–water partition coefficient (Wildman–Crippen LogP) is -1.58. The molecule has 0 atom stereocenters. The highest BCUT2D eigenvalue weighted by Gasteiger charge is 2.23. The minimum absolute atomic E-state index is 0. The number of ketones is 1. The van der Waals surface area contributed by atoms with E-state index in [1.54, 1.807) is 42.8 Å². The van der Waals surface area contributed by atoms with Gasteiger partial charge in [0.1, 0.15) is 0 Å². The fourth-order valence-electron chi connectivity index (χ4n) is 1.88. The van der Waals surface area contributed by atoms with Gasteiger partial charge < -0.3 is 22.5 Å². The molecule has 0 saturated carbocycles. The molecule has 0 aliphatic carbocycles. The largest absolute Gasteiger partial charge is 1.00 e. The van der Waals surface area contributed by atoms with Crippen LogP contribution in [-0.2, 0) is 13.6 Å². The molecule has 2 aromatic rings. The zero-order chi connectivity index (χ0) is 14.0. The van der Waals surface area contributed by atoms with Crippen LogP contribution in [0.25, 0.3) is 0 Å². The lowest BCUT2D eigenvalue weighted by atomic mass is 10.1. The second kappa shape index (κ2) is 6.29. The number of imidazole rings is 1. The van der Waals surface area contributed by atoms with E-state index in [4.69, 9.17) is 0 Å². The number of nitrogens with zero attached hydrogens (tertiary/aromatic N) is 3. The number of Topliss-reactive ketones (excluding diaryl/α,β-unsaturated/α-hetero) is 1. The van der Waals surface area contributed by atoms with Crippen molar-refractivity contribution in [3.8, 4) is 0 Å². The molecule has 20 heavy (non-hydrogen) atoms. The van der Waals surface area contributed by atoms with Crippen LogP contribution in [0.3, 0.4) is 0 Å². The Bertz CT molecular complexity index is 638. The molecule has 0 unspecified atom stereocenters. The Hall–Kier alpha value is -2.21. The molecule has 106 valence electrons. The highest BCUT2D eigenvalue weighted by molar-refractivity contribution is 5.94. The predicted molar refractivity (Wildman–Crippen MR) is 67.8 cm³/mol. The van der Waals surface area contributed by atoms with Crippen molar-refractivity contribution in [1.82, 2.24) is 4.57 Å². The molecule has 1 aromatic heterocycles. The molecule has 0 N–H and O–H groups in total. The summed E-state index contributed by atoms with van der Waals surface area (Å²) in [6.07, 6.45) is 1.39. The highest BCUT2D eigenvalue weighted by atomic mass is 35.5. The first-order valence-electron chi connectivity index (χ1n) is 5.79. The molecule has 0 saturated heterocycles. The summed E-state index contributed by atoms with van der Waals surface area (Å²) in [5, 5.41) is 10.8. The second-order valence-corrected chi connectivity index (χ2v) is 4.27. The van der Waals surface area contributed by atoms with Crippen LogP contribution in [0.2, 0.25) is 0 Å². The molecular formula is C13H14ClN3O3. The molecule has 1 heterocycles. The molecule has 0 radical (unpaired) electrons. The van der Waals surface area contributed by atoms with Crippen molar-refractivity contribution < 1.29 is 26.7 Å². The number of hydrogen-bond donors (Lipinski definition) is 0. The van der Waals surface area contributed by atoms with Crippen LogP contribution >= 0.6 is 0 Å². The van der Waals surface area contributed by atoms with Gasteiger partial charge in [0.15, 0.2) is 12.7 Å². The first-order chi connectivity index (χ1) is 9.00. The number of benzene rings is 1. The Labute approximate surface area is 122 Å². The summed E-state index contributed by atoms with van der Waals surface area (Å²) in [5.74, 6) is 0.559. The standard InChI is InChI=1S/C13H14N3O3.ClH/c1-10-14(2)13(16(18)19)9-15(10)8-12(17)11-6-4-3-5-7-11;/h3-7,9H,8H2,1-2H3;1H/q+1;/p-1. The first-order valence-corrected chi connectivity index (χ1v) is 5.79. The molecular weight excluding hydrogens is 282 g/mol. The van der Waals surface area contributed by atoms with Gasteiger partial charge in [-0.3, -0.25) is 4.79 Å². The average molecular weight is 296 g/mol. The van der Waals surface area contributed by atoms with Gasteiger partial charge in [-0.2, -0.15) is 4.57 Å². The smallest absolute Gasteiger partial charge is 0.365 e. The van der Waals surface area contributed by atoms with E-state index in [1.165, 1.54) is 10.8 Å². The van der Waals surface area contributed by atoms with Gasteiger partial charge in [0.2, 0.25) is 5.78 Å². The molecule has 0 amide bonds. The zero-order valence-corrected chi connectivity index (χ0v) is 11.9. The van der Waals surface area contributed by atoms with Crippen molar-refractivity contribution in [1.29, 1.82) is 0 Å². The lowest BCUT2D eigenvalue weighted by Crippen LogP contribution is -3.00. The van der Waals surface area contributed by atoms with E-state index >= 15 is 0 Å². The van der Waals surface area contributed by atoms with Gasteiger partial charge in [-0.1, -0.05) is 30.3 Å². The molecule has 0 aliphatic rings. The number of carbonyl (C=O) groups is 1. The Kier molecular flexibility index (Phi) is 4.99. The van der Waals surface area contributed by atoms with Crippen molar-refractivity contribution in [2.45, 2.75) is 13.5 Å². The average Bonchev–Trinajstić information content (AvgIpc) is 2.68. The minimum atomic E-state index is -0.462. The summed E-state index contributed by atoms with van der Waals surface area (Å²) in [6.45, 7) is 1.84. The van der Waals surface area contributed by atoms with Gasteiger partial charge in [0, 0.05) is 12.5 Å². The van der Waals surface area contributed by atoms with Gasteiger partial charge in [0.25, 0.3) is 5.82 Å². The number of nitro groups is 1. The van der Waals surface area contributed by atoms with Gasteiger partial charge in [0.05, 0.1) is 7.05 Å². The SMILES string of the molecule is Cc1n(C)c([N+](=O)[O-])c[n+]1CC(=O)c1ccccc1.[Cl-]. The highest BCUT2D eigenvalue weighted by Crippen LogP contribution is 2.10. The van der Waals surface area contributed by atoms with E-state index in [2.05, 4.69) is 0 Å². The molecule has 2 rings (SSSR count). The van der Waals surface area contributed by atoms with Crippen molar-refractivity contribution in [3.63, 3.8) is 0 Å². The zero-order valence-electron chi connectivity index (χ0n) is 11.1. The Morgan fingerprint density at radius 1 is 1.35 bits per heavy atom. The number of rotatable bonds is 4. The van der Waals surface area contributed by atoms with Gasteiger partial charge in [-0.25, -0.2) is 4.57 Å². The summed E-state index contributed by atoms with van der Waals surface area (Å²) in [6, 6.07) is 8.88. The topological polar surface area (TPSA) is 69.0 Å². The van der Waals surface area contributed by atoms with Crippen molar-refractivity contribution in [3.05, 3.63) is 58.0 Å². The van der Waals surface area contributed by atoms with E-state index in [0.717, 1.165) is 0 Å². The monoisotopic (exact) mass is 295 g/mol. The Balaban J connectivity index is 0.00000200. The van der Waals surface area contributed by atoms with Crippen LogP contribution in [0.15, 0.2) is 36.5 Å². The molecule has 0 spiro atoms. The fourth-order valence-corrected chi connectivity index (χ4v) is 1.88. The molecule has 7 heteroatoms. The summed E-state index contributed by atoms with van der Waals surface area (Å²) in [7, 11) is 1.61. The van der Waals surface area contributed by atoms with Crippen molar-refractivity contribution in [2.24, 2.45) is 7.05 Å². The molecule has 1 aromatic carbocycles. The van der Waals surface area contributed by atoms with Crippen molar-refractivity contribution in [2.75, 3.05) is 0 Å². The maximum atomic E-state index is 12.1. The fraction of sp³-hybridized carbons (Fsp3) is 0.231. The van der Waals surface area contributed by atoms with Crippen LogP contribution in [0, 0.1) is 17.0 Å². The number of aromatic nitrogens is 2. The van der Waals surface area contributed by atoms with E-state index in [-0.39, 0.29) is 30.6 Å². The Morgan fingerprint density at radius 3 is 2.45 bits per heavy atom. The lowest BCUT2D eigenvalue weighted by Gasteiger charge is -1.99. The molecule has 6 nitrogen and oxygen atoms in total. The number of hydrogen-bond acceptors (Lipinski definition) is 3. The van der Waals surface area contributed by atoms with Crippen LogP contribution in [0.4, 0.5) is 5.82 Å². The lowest BCUT2D eigenvalue weighted by molar-refractivity contribution is -0.689. The van der Waals surface area contributed by atoms with E-state index in [0.29, 0.717) is 11.4 Å². The summed E-state index contributed by atoms with van der Waals surface area (Å²) >= 11 is 0. The normalized spacial score (nSPS) is 9.90. The molecule has 0 bridgehead atoms. The third-order valence-corrected chi connectivity index (χ3v) is 3.11. The third kappa shape index (κ3) is 3.03. The van der Waals surface area contributed by atoms with Crippen LogP contribution in [0.5, 0.6) is 0 Å². The van der Waals surface area contributed by atoms with E-state index in [1.807, 2.05) is 6.07 Å².